The number of aromatic nitrogens is 2. The minimum Gasteiger partial charge on any atom is -0.481 e. The Labute approximate surface area is 167 Å². The molecule has 1 N–H and O–H groups in total. The summed E-state index contributed by atoms with van der Waals surface area (Å²) in [6.45, 7) is 0.481. The summed E-state index contributed by atoms with van der Waals surface area (Å²) in [6, 6.07) is 14.9. The second-order valence-corrected chi connectivity index (χ2v) is 6.92. The van der Waals surface area contributed by atoms with Gasteiger partial charge in [-0.2, -0.15) is 9.97 Å². The van der Waals surface area contributed by atoms with Crippen LogP contribution in [0.2, 0.25) is 0 Å². The van der Waals surface area contributed by atoms with E-state index < -0.39 is 0 Å². The number of rotatable bonds is 9. The van der Waals surface area contributed by atoms with E-state index in [0.29, 0.717) is 35.6 Å². The lowest BCUT2D eigenvalue weighted by atomic mass is 10.1. The van der Waals surface area contributed by atoms with E-state index in [9.17, 15) is 4.79 Å². The molecule has 0 radical (unpaired) electrons. The van der Waals surface area contributed by atoms with Crippen molar-refractivity contribution < 1.29 is 18.7 Å². The van der Waals surface area contributed by atoms with Gasteiger partial charge in [-0.3, -0.25) is 4.79 Å². The molecule has 1 amide bonds. The van der Waals surface area contributed by atoms with Crippen molar-refractivity contribution in [3.63, 3.8) is 0 Å². The summed E-state index contributed by atoms with van der Waals surface area (Å²) in [5, 5.41) is 2.71. The third-order valence-electron chi connectivity index (χ3n) is 3.87. The number of benzene rings is 1. The fourth-order valence-corrected chi connectivity index (χ4v) is 3.59. The highest BCUT2D eigenvalue weighted by molar-refractivity contribution is 7.99. The Morgan fingerprint density at radius 3 is 2.43 bits per heavy atom. The number of ether oxygens (including phenoxy) is 2. The number of hydrogen-bond donors (Lipinski definition) is 1. The van der Waals surface area contributed by atoms with Crippen LogP contribution < -0.4 is 14.8 Å². The maximum Gasteiger partial charge on any atom is 0.287 e. The molecule has 3 rings (SSSR count). The van der Waals surface area contributed by atoms with Crippen molar-refractivity contribution in [2.75, 3.05) is 26.5 Å². The van der Waals surface area contributed by atoms with Gasteiger partial charge < -0.3 is 19.2 Å². The summed E-state index contributed by atoms with van der Waals surface area (Å²) in [5.74, 6) is 2.19. The summed E-state index contributed by atoms with van der Waals surface area (Å²) in [6.07, 6.45) is 1.47. The molecule has 3 aromatic rings. The highest BCUT2D eigenvalue weighted by Crippen LogP contribution is 2.35. The minimum absolute atomic E-state index is 0.134. The number of amides is 1. The molecule has 0 spiro atoms. The molecule has 0 aliphatic carbocycles. The molecular formula is C20H21N3O4S. The quantitative estimate of drug-likeness (QED) is 0.552. The number of methoxy groups -OCH3 is 2. The Balaban J connectivity index is 1.72. The monoisotopic (exact) mass is 399 g/mol. The van der Waals surface area contributed by atoms with Gasteiger partial charge in [0.25, 0.3) is 5.91 Å². The molecule has 28 heavy (non-hydrogen) atoms. The average molecular weight is 399 g/mol. The van der Waals surface area contributed by atoms with E-state index >= 15 is 0 Å². The molecule has 2 heterocycles. The van der Waals surface area contributed by atoms with Crippen LogP contribution in [0.1, 0.15) is 27.2 Å². The van der Waals surface area contributed by atoms with Crippen molar-refractivity contribution in [3.05, 3.63) is 71.9 Å². The summed E-state index contributed by atoms with van der Waals surface area (Å²) >= 11 is 1.62. The topological polar surface area (TPSA) is 86.5 Å². The second-order valence-electron chi connectivity index (χ2n) is 5.71. The molecule has 7 nitrogen and oxygen atoms in total. The standard InChI is InChI=1S/C20H21N3O4S/c1-25-16-13-17(26-2)23-19(22-16)18(14-7-4-3-5-8-14)28-12-10-21-20(24)15-9-6-11-27-15/h3-9,11,13,18H,10,12H2,1-2H3,(H,21,24)/t18-/m1/s1. The van der Waals surface area contributed by atoms with Crippen molar-refractivity contribution in [2.45, 2.75) is 5.25 Å². The first-order chi connectivity index (χ1) is 13.7. The largest absolute Gasteiger partial charge is 0.481 e. The van der Waals surface area contributed by atoms with E-state index in [0.717, 1.165) is 5.56 Å². The van der Waals surface area contributed by atoms with E-state index in [1.165, 1.54) is 6.26 Å². The van der Waals surface area contributed by atoms with E-state index in [-0.39, 0.29) is 11.2 Å². The number of nitrogens with one attached hydrogen (secondary N) is 1. The molecule has 146 valence electrons. The van der Waals surface area contributed by atoms with Gasteiger partial charge in [-0.15, -0.1) is 11.8 Å². The van der Waals surface area contributed by atoms with Gasteiger partial charge in [0.2, 0.25) is 11.8 Å². The number of carbonyl (C=O) groups is 1. The van der Waals surface area contributed by atoms with Gasteiger partial charge in [0.05, 0.1) is 31.8 Å². The Hall–Kier alpha value is -3.00. The number of nitrogens with zero attached hydrogens (tertiary/aromatic N) is 2. The predicted octanol–water partition coefficient (Wildman–Crippen LogP) is 3.34. The van der Waals surface area contributed by atoms with Crippen molar-refractivity contribution in [3.8, 4) is 11.8 Å². The smallest absolute Gasteiger partial charge is 0.287 e. The zero-order valence-corrected chi connectivity index (χ0v) is 16.4. The van der Waals surface area contributed by atoms with Crippen molar-refractivity contribution in [1.29, 1.82) is 0 Å². The van der Waals surface area contributed by atoms with Gasteiger partial charge in [0, 0.05) is 12.3 Å². The summed E-state index contributed by atoms with van der Waals surface area (Å²) in [7, 11) is 3.11. The average Bonchev–Trinajstić information content (AvgIpc) is 3.29. The predicted molar refractivity (Wildman–Crippen MR) is 107 cm³/mol. The Morgan fingerprint density at radius 1 is 1.11 bits per heavy atom. The lowest BCUT2D eigenvalue weighted by Crippen LogP contribution is -2.25. The maximum absolute atomic E-state index is 12.0. The summed E-state index contributed by atoms with van der Waals surface area (Å²) in [5.41, 5.74) is 1.06. The van der Waals surface area contributed by atoms with Gasteiger partial charge in [0.15, 0.2) is 11.6 Å². The molecule has 0 unspecified atom stereocenters. The van der Waals surface area contributed by atoms with Gasteiger partial charge in [-0.1, -0.05) is 30.3 Å². The number of carbonyl (C=O) groups excluding carboxylic acids is 1. The Kier molecular flexibility index (Phi) is 6.91. The zero-order valence-electron chi connectivity index (χ0n) is 15.6. The first kappa shape index (κ1) is 19.8. The molecule has 0 aliphatic heterocycles. The van der Waals surface area contributed by atoms with Crippen LogP contribution in [0.5, 0.6) is 11.8 Å². The van der Waals surface area contributed by atoms with Crippen molar-refractivity contribution in [1.82, 2.24) is 15.3 Å². The van der Waals surface area contributed by atoms with Crippen LogP contribution in [0.4, 0.5) is 0 Å². The van der Waals surface area contributed by atoms with Crippen LogP contribution in [0.15, 0.2) is 59.2 Å². The third-order valence-corrected chi connectivity index (χ3v) is 5.12. The van der Waals surface area contributed by atoms with Crippen LogP contribution in [0, 0.1) is 0 Å². The molecule has 1 atom stereocenters. The Bertz CT molecular complexity index is 865. The third kappa shape index (κ3) is 5.04. The molecule has 8 heteroatoms. The van der Waals surface area contributed by atoms with Crippen LogP contribution in [-0.4, -0.2) is 42.4 Å². The molecule has 0 aliphatic rings. The van der Waals surface area contributed by atoms with Gasteiger partial charge >= 0.3 is 0 Å². The molecular weight excluding hydrogens is 378 g/mol. The molecule has 0 fully saturated rings. The first-order valence-electron chi connectivity index (χ1n) is 8.66. The van der Waals surface area contributed by atoms with Crippen molar-refractivity contribution in [2.24, 2.45) is 0 Å². The highest BCUT2D eigenvalue weighted by Gasteiger charge is 2.20. The number of thioether (sulfide) groups is 1. The lowest BCUT2D eigenvalue weighted by Gasteiger charge is -2.17. The van der Waals surface area contributed by atoms with Crippen LogP contribution in [-0.2, 0) is 0 Å². The molecule has 0 saturated heterocycles. The van der Waals surface area contributed by atoms with Crippen molar-refractivity contribution >= 4 is 17.7 Å². The van der Waals surface area contributed by atoms with E-state index in [2.05, 4.69) is 15.3 Å². The minimum atomic E-state index is -0.235. The fourth-order valence-electron chi connectivity index (χ4n) is 2.53. The number of hydrogen-bond acceptors (Lipinski definition) is 7. The van der Waals surface area contributed by atoms with Gasteiger partial charge in [-0.25, -0.2) is 0 Å². The second kappa shape index (κ2) is 9.80. The SMILES string of the molecule is COc1cc(OC)nc([C@H](SCCNC(=O)c2ccco2)c2ccccc2)n1. The summed E-state index contributed by atoms with van der Waals surface area (Å²) < 4.78 is 15.6. The first-order valence-corrected chi connectivity index (χ1v) is 9.71. The molecule has 1 aromatic carbocycles. The van der Waals surface area contributed by atoms with E-state index in [4.69, 9.17) is 13.9 Å². The normalized spacial score (nSPS) is 11.6. The van der Waals surface area contributed by atoms with Gasteiger partial charge in [0.1, 0.15) is 0 Å². The van der Waals surface area contributed by atoms with E-state index in [1.54, 1.807) is 44.2 Å². The number of furan rings is 1. The Morgan fingerprint density at radius 2 is 1.82 bits per heavy atom. The lowest BCUT2D eigenvalue weighted by molar-refractivity contribution is 0.0928. The highest BCUT2D eigenvalue weighted by atomic mass is 32.2. The fraction of sp³-hybridized carbons (Fsp3) is 0.250. The van der Waals surface area contributed by atoms with Crippen LogP contribution in [0.25, 0.3) is 0 Å². The van der Waals surface area contributed by atoms with Crippen LogP contribution in [0.3, 0.4) is 0 Å². The molecule has 0 saturated carbocycles. The van der Waals surface area contributed by atoms with Crippen LogP contribution >= 0.6 is 11.8 Å². The molecule has 0 bridgehead atoms. The van der Waals surface area contributed by atoms with E-state index in [1.807, 2.05) is 30.3 Å². The maximum atomic E-state index is 12.0. The van der Waals surface area contributed by atoms with Gasteiger partial charge in [-0.05, 0) is 17.7 Å². The zero-order chi connectivity index (χ0) is 19.8. The summed E-state index contributed by atoms with van der Waals surface area (Å²) in [4.78, 5) is 21.0. The molecule has 2 aromatic heterocycles.